The monoisotopic (exact) mass is 1540 g/mol. The van der Waals surface area contributed by atoms with Gasteiger partial charge in [-0.1, -0.05) is 65.7 Å². The molecule has 12 amide bonds. The fourth-order valence-electron chi connectivity index (χ4n) is 17.8. The predicted octanol–water partition coefficient (Wildman–Crippen LogP) is 6.80. The van der Waals surface area contributed by atoms with Crippen molar-refractivity contribution in [2.75, 3.05) is 100 Å². The van der Waals surface area contributed by atoms with Crippen molar-refractivity contribution in [3.8, 4) is 0 Å². The lowest BCUT2D eigenvalue weighted by atomic mass is 9.78. The Kier molecular flexibility index (Phi) is 30.9. The van der Waals surface area contributed by atoms with E-state index >= 15 is 38.4 Å². The molecule has 8 rings (SSSR count). The average molecular weight is 1540 g/mol. The molecule has 0 aromatic carbocycles. The van der Waals surface area contributed by atoms with Crippen molar-refractivity contribution in [2.45, 2.75) is 267 Å². The van der Waals surface area contributed by atoms with Gasteiger partial charge in [-0.15, -0.1) is 11.6 Å². The lowest BCUT2D eigenvalue weighted by Gasteiger charge is -2.42. The van der Waals surface area contributed by atoms with Gasteiger partial charge in [0.15, 0.2) is 0 Å². The van der Waals surface area contributed by atoms with Gasteiger partial charge in [-0.25, -0.2) is 0 Å². The second-order valence-corrected chi connectivity index (χ2v) is 32.3. The first kappa shape index (κ1) is 86.1. The number of alkyl halides is 7. The summed E-state index contributed by atoms with van der Waals surface area (Å²) in [5.74, 6) is -13.5. The van der Waals surface area contributed by atoms with E-state index in [1.807, 2.05) is 6.92 Å². The number of hydrogen-bond acceptors (Lipinski definition) is 13. The number of carbonyl (C=O) groups is 12. The lowest BCUT2D eigenvalue weighted by molar-refractivity contribution is -0.184. The minimum atomic E-state index is -4.55. The summed E-state index contributed by atoms with van der Waals surface area (Å²) >= 11 is 6.41. The molecular weight excluding hydrogens is 1430 g/mol. The van der Waals surface area contributed by atoms with Crippen LogP contribution in [0.4, 0.5) is 26.3 Å². The van der Waals surface area contributed by atoms with Crippen molar-refractivity contribution in [3.05, 3.63) is 0 Å². The van der Waals surface area contributed by atoms with Crippen LogP contribution in [0.15, 0.2) is 0 Å². The van der Waals surface area contributed by atoms with Crippen molar-refractivity contribution < 1.29 is 88.6 Å². The number of halogens is 7. The summed E-state index contributed by atoms with van der Waals surface area (Å²) in [6.07, 6.45) is -3.73. The maximum atomic E-state index is 15.8. The molecule has 4 heterocycles. The van der Waals surface area contributed by atoms with Crippen molar-refractivity contribution in [2.24, 2.45) is 35.5 Å². The molecule has 11 atom stereocenters. The zero-order chi connectivity index (χ0) is 78.4. The maximum absolute atomic E-state index is 15.8. The summed E-state index contributed by atoms with van der Waals surface area (Å²) in [5, 5.41) is 7.51. The van der Waals surface area contributed by atoms with E-state index in [4.69, 9.17) is 16.3 Å². The second-order valence-electron chi connectivity index (χ2n) is 31.7. The predicted molar refractivity (Wildman–Crippen MR) is 384 cm³/mol. The third kappa shape index (κ3) is 21.5. The van der Waals surface area contributed by atoms with Gasteiger partial charge in [-0.05, 0) is 153 Å². The van der Waals surface area contributed by atoms with Crippen molar-refractivity contribution in [1.29, 1.82) is 0 Å². The number of nitrogens with one attached hydrogen (secondary N) is 3. The van der Waals surface area contributed by atoms with E-state index in [1.54, 1.807) is 20.8 Å². The average Bonchev–Trinajstić information content (AvgIpc) is 1.71. The Morgan fingerprint density at radius 3 is 1.85 bits per heavy atom. The van der Waals surface area contributed by atoms with Gasteiger partial charge in [-0.3, -0.25) is 57.5 Å². The lowest BCUT2D eigenvalue weighted by Crippen LogP contribution is -2.65. The summed E-state index contributed by atoms with van der Waals surface area (Å²) in [6.45, 7) is 5.62. The Labute approximate surface area is 631 Å². The molecule has 1 spiro atoms. The van der Waals surface area contributed by atoms with Crippen molar-refractivity contribution in [1.82, 2.24) is 60.0 Å². The zero-order valence-electron chi connectivity index (χ0n) is 63.9. The van der Waals surface area contributed by atoms with E-state index in [9.17, 15) is 45.5 Å². The first-order valence-electron chi connectivity index (χ1n) is 39.4. The molecule has 107 heavy (non-hydrogen) atoms. The number of nitrogens with zero attached hydrogens (tertiary/aromatic N) is 9. The number of carbonyl (C=O) groups excluding carboxylic acids is 12. The van der Waals surface area contributed by atoms with Crippen LogP contribution in [0.1, 0.15) is 201 Å². The van der Waals surface area contributed by atoms with Gasteiger partial charge in [0.25, 0.3) is 0 Å². The van der Waals surface area contributed by atoms with Crippen LogP contribution >= 0.6 is 11.6 Å². The molecule has 8 fully saturated rings. The Bertz CT molecular complexity index is 3130. The number of amides is 12. The van der Waals surface area contributed by atoms with Crippen LogP contribution in [0, 0.1) is 35.5 Å². The van der Waals surface area contributed by atoms with Crippen molar-refractivity contribution >= 4 is 82.5 Å². The van der Waals surface area contributed by atoms with Crippen LogP contribution in [0.5, 0.6) is 0 Å². The van der Waals surface area contributed by atoms with Crippen LogP contribution in [0.25, 0.3) is 0 Å². The largest absolute Gasteiger partial charge is 0.393 e. The number of likely N-dealkylation sites (N-methyl/N-ethyl adjacent to an activating group) is 5. The van der Waals surface area contributed by atoms with Crippen LogP contribution in [-0.2, 0) is 62.3 Å². The van der Waals surface area contributed by atoms with Gasteiger partial charge in [0.1, 0.15) is 47.8 Å². The molecule has 32 heteroatoms. The summed E-state index contributed by atoms with van der Waals surface area (Å²) in [7, 11) is 5.54. The molecule has 4 aliphatic carbocycles. The van der Waals surface area contributed by atoms with Gasteiger partial charge in [-0.2, -0.15) is 26.3 Å². The molecule has 604 valence electrons. The molecule has 4 aliphatic heterocycles. The maximum Gasteiger partial charge on any atom is 0.393 e. The highest BCUT2D eigenvalue weighted by atomic mass is 35.5. The number of fused-ring (bicyclic) bond motifs is 2. The Hall–Kier alpha value is -6.53. The minimum Gasteiger partial charge on any atom is -0.378 e. The Morgan fingerprint density at radius 2 is 1.23 bits per heavy atom. The Morgan fingerprint density at radius 1 is 0.607 bits per heavy atom. The molecule has 0 aromatic heterocycles. The van der Waals surface area contributed by atoms with E-state index in [0.29, 0.717) is 57.8 Å². The highest BCUT2D eigenvalue weighted by molar-refractivity contribution is 6.21. The highest BCUT2D eigenvalue weighted by Crippen LogP contribution is 2.45. The van der Waals surface area contributed by atoms with Crippen LogP contribution < -0.4 is 16.0 Å². The molecule has 3 unspecified atom stereocenters. The zero-order valence-corrected chi connectivity index (χ0v) is 64.7. The molecule has 0 radical (unpaired) electrons. The fraction of sp³-hybridized carbons (Fsp3) is 0.840. The number of hydrogen-bond donors (Lipinski definition) is 3. The van der Waals surface area contributed by atoms with Gasteiger partial charge >= 0.3 is 12.4 Å². The van der Waals surface area contributed by atoms with Crippen molar-refractivity contribution in [3.63, 3.8) is 0 Å². The highest BCUT2D eigenvalue weighted by Gasteiger charge is 2.53. The standard InChI is InChI=1S/C75H117ClF6N12O13/c1-9-34-92-58(42-49-24-28-51(29-25-49)74(77,78)79)68(102)87(6)44-59(95)83-54(31-27-48-26-30-52(53(76)41-48)75(80,81)82)67(101)94-36-19-23-56(94)66(100)85-73(32-16-17-33-73)72(106)89(8)64(50-20-14-15-21-50)71(105)88(7)57(69(103)91-37-39-107-40-38-91)43-60(96)93-35-18-12-13-22-55(93)65(99)84-63(47(4)10-2)70(104)90(11-3)46-61(97)86(5)45-62(92)98/h47-58,63-64H,9-46H2,1-8H3,(H,83,95)(H,84,99)(H,85,100)/t47-,48?,49?,51?,52?,53?,54-,55-,56-,57-,58-,63-,64-/m0/s1. The smallest absolute Gasteiger partial charge is 0.378 e. The van der Waals surface area contributed by atoms with E-state index in [-0.39, 0.29) is 149 Å². The fourth-order valence-corrected chi connectivity index (χ4v) is 18.4. The first-order chi connectivity index (χ1) is 50.6. The van der Waals surface area contributed by atoms with Gasteiger partial charge in [0.05, 0.1) is 51.1 Å². The summed E-state index contributed by atoms with van der Waals surface area (Å²) < 4.78 is 90.1. The molecule has 4 saturated heterocycles. The molecule has 8 aliphatic rings. The second kappa shape index (κ2) is 38.4. The van der Waals surface area contributed by atoms with E-state index in [2.05, 4.69) is 16.0 Å². The van der Waals surface area contributed by atoms with Crippen LogP contribution in [0.3, 0.4) is 0 Å². The van der Waals surface area contributed by atoms with E-state index < -0.39 is 198 Å². The summed E-state index contributed by atoms with van der Waals surface area (Å²) in [5.41, 5.74) is -1.60. The minimum absolute atomic E-state index is 0.00828. The topological polar surface area (TPSA) is 279 Å². The number of rotatable bonds is 12. The molecule has 25 nitrogen and oxygen atoms in total. The quantitative estimate of drug-likeness (QED) is 0.134. The van der Waals surface area contributed by atoms with E-state index in [0.717, 1.165) is 22.6 Å². The van der Waals surface area contributed by atoms with Gasteiger partial charge in [0.2, 0.25) is 70.9 Å². The molecule has 0 bridgehead atoms. The molecule has 4 saturated carbocycles. The third-order valence-corrected chi connectivity index (χ3v) is 25.0. The number of ether oxygens (including phenoxy) is 1. The van der Waals surface area contributed by atoms with E-state index in [1.165, 1.54) is 62.5 Å². The molecule has 3 N–H and O–H groups in total. The summed E-state index contributed by atoms with van der Waals surface area (Å²) in [6, 6.07) is -9.09. The Balaban J connectivity index is 1.18. The van der Waals surface area contributed by atoms with Crippen LogP contribution in [0.2, 0.25) is 0 Å². The van der Waals surface area contributed by atoms with Crippen LogP contribution in [-0.4, -0.2) is 281 Å². The number of morpholine rings is 1. The summed E-state index contributed by atoms with van der Waals surface area (Å²) in [4.78, 5) is 193. The van der Waals surface area contributed by atoms with Gasteiger partial charge in [0, 0.05) is 72.8 Å². The molecule has 0 aromatic rings. The third-order valence-electron chi connectivity index (χ3n) is 24.5. The SMILES string of the molecule is CCCN1C(=O)CN(C)C(=O)CN(CC)C(=O)[C@H]([C@@H](C)CC)NC(=O)[C@@H]2CCCCCN2C(=O)C[C@@H](C(=O)N2CCOCC2)N(C)C(=O)[C@H](C2CCCC2)N(C)C(=O)C2(CCCC2)NC(=O)[C@@H]2CCCN2C(=O)[C@H](CCC2CCC(C(F)(F)F)C(Cl)C2)NC(=O)CN(C)C(=O)[C@@H]1CC1CCC(C(F)(F)F)CC1. The first-order valence-corrected chi connectivity index (χ1v) is 39.8. The normalized spacial score (nSPS) is 30.9. The molecular formula is C75H117ClF6N12O13. The van der Waals surface area contributed by atoms with Gasteiger partial charge < -0.3 is 64.8 Å².